The van der Waals surface area contributed by atoms with E-state index in [9.17, 15) is 4.79 Å². The van der Waals surface area contributed by atoms with E-state index in [4.69, 9.17) is 5.73 Å². The van der Waals surface area contributed by atoms with Crippen molar-refractivity contribution < 1.29 is 4.79 Å². The number of carbonyl (C=O) groups excluding carboxylic acids is 1. The van der Waals surface area contributed by atoms with Crippen LogP contribution in [0, 0.1) is 0 Å². The highest BCUT2D eigenvalue weighted by molar-refractivity contribution is 7.13. The Morgan fingerprint density at radius 3 is 2.55 bits per heavy atom. The van der Waals surface area contributed by atoms with Crippen molar-refractivity contribution in [1.82, 2.24) is 9.97 Å². The number of hydrogen-bond donors (Lipinski definition) is 1. The summed E-state index contributed by atoms with van der Waals surface area (Å²) < 4.78 is 0. The van der Waals surface area contributed by atoms with Crippen LogP contribution in [-0.2, 0) is 0 Å². The van der Waals surface area contributed by atoms with Crippen LogP contribution < -0.4 is 15.5 Å². The minimum absolute atomic E-state index is 0.310. The molecule has 3 heterocycles. The molecule has 0 atom stereocenters. The molecule has 0 bridgehead atoms. The summed E-state index contributed by atoms with van der Waals surface area (Å²) in [4.78, 5) is 24.0. The van der Waals surface area contributed by atoms with Crippen molar-refractivity contribution in [3.8, 4) is 0 Å². The Balaban J connectivity index is 1.69. The highest BCUT2D eigenvalue weighted by Crippen LogP contribution is 2.22. The summed E-state index contributed by atoms with van der Waals surface area (Å²) in [6, 6.07) is 3.66. The molecule has 1 saturated heterocycles. The number of nitrogens with zero attached hydrogens (tertiary/aromatic N) is 4. The molecule has 0 unspecified atom stereocenters. The average Bonchev–Trinajstić information content (AvgIpc) is 3.02. The smallest absolute Gasteiger partial charge is 0.267 e. The first-order valence-electron chi connectivity index (χ1n) is 6.39. The van der Waals surface area contributed by atoms with Crippen LogP contribution in [0.15, 0.2) is 29.9 Å². The second-order valence-electron chi connectivity index (χ2n) is 4.55. The Hall–Kier alpha value is -2.15. The summed E-state index contributed by atoms with van der Waals surface area (Å²) in [6.07, 6.45) is 3.46. The van der Waals surface area contributed by atoms with E-state index in [1.165, 1.54) is 0 Å². The number of anilines is 2. The molecule has 0 saturated carbocycles. The molecule has 1 fully saturated rings. The van der Waals surface area contributed by atoms with Crippen LogP contribution in [0.4, 0.5) is 10.8 Å². The van der Waals surface area contributed by atoms with E-state index < -0.39 is 5.91 Å². The highest BCUT2D eigenvalue weighted by atomic mass is 32.1. The van der Waals surface area contributed by atoms with E-state index in [0.717, 1.165) is 37.0 Å². The van der Waals surface area contributed by atoms with Gasteiger partial charge in [-0.3, -0.25) is 9.78 Å². The molecule has 0 radical (unpaired) electrons. The first kappa shape index (κ1) is 12.9. The quantitative estimate of drug-likeness (QED) is 0.911. The van der Waals surface area contributed by atoms with Gasteiger partial charge in [-0.05, 0) is 12.1 Å². The van der Waals surface area contributed by atoms with Crippen molar-refractivity contribution in [2.75, 3.05) is 36.0 Å². The predicted molar refractivity (Wildman–Crippen MR) is 79.3 cm³/mol. The number of hydrogen-bond acceptors (Lipinski definition) is 6. The minimum atomic E-state index is -0.492. The lowest BCUT2D eigenvalue weighted by molar-refractivity contribution is 0.0995. The van der Waals surface area contributed by atoms with Crippen molar-refractivity contribution in [1.29, 1.82) is 0 Å². The lowest BCUT2D eigenvalue weighted by Gasteiger charge is -2.36. The van der Waals surface area contributed by atoms with Crippen molar-refractivity contribution in [2.45, 2.75) is 0 Å². The number of nitrogens with two attached hydrogens (primary N) is 1. The third-order valence-electron chi connectivity index (χ3n) is 3.33. The van der Waals surface area contributed by atoms with Crippen LogP contribution in [0.1, 0.15) is 10.5 Å². The molecule has 0 spiro atoms. The molecule has 1 amide bonds. The van der Waals surface area contributed by atoms with Gasteiger partial charge in [-0.1, -0.05) is 0 Å². The zero-order chi connectivity index (χ0) is 13.9. The van der Waals surface area contributed by atoms with Crippen LogP contribution >= 0.6 is 11.3 Å². The molecule has 1 aliphatic heterocycles. The Morgan fingerprint density at radius 1 is 1.15 bits per heavy atom. The van der Waals surface area contributed by atoms with Crippen LogP contribution in [-0.4, -0.2) is 42.1 Å². The van der Waals surface area contributed by atoms with Gasteiger partial charge in [0.25, 0.3) is 5.91 Å². The molecule has 104 valence electrons. The number of pyridine rings is 1. The van der Waals surface area contributed by atoms with E-state index in [-0.39, 0.29) is 0 Å². The standard InChI is InChI=1S/C13H15N5OS/c14-12(19)11-9-10(1-2-15-11)17-4-6-18(7-5-17)13-16-3-8-20-13/h1-3,8-9H,4-7H2,(H2,14,19). The fourth-order valence-corrected chi connectivity index (χ4v) is 2.98. The van der Waals surface area contributed by atoms with Gasteiger partial charge in [-0.15, -0.1) is 11.3 Å². The van der Waals surface area contributed by atoms with Crippen LogP contribution in [0.25, 0.3) is 0 Å². The maximum atomic E-state index is 11.2. The Bertz CT molecular complexity index is 593. The fraction of sp³-hybridized carbons (Fsp3) is 0.308. The zero-order valence-corrected chi connectivity index (χ0v) is 11.7. The third-order valence-corrected chi connectivity index (χ3v) is 4.16. The normalized spacial score (nSPS) is 15.4. The molecule has 2 aromatic rings. The Labute approximate surface area is 120 Å². The molecule has 0 aliphatic carbocycles. The first-order chi connectivity index (χ1) is 9.74. The van der Waals surface area contributed by atoms with Gasteiger partial charge in [-0.2, -0.15) is 0 Å². The number of carbonyl (C=O) groups is 1. The highest BCUT2D eigenvalue weighted by Gasteiger charge is 2.19. The Kier molecular flexibility index (Phi) is 3.51. The molecular weight excluding hydrogens is 274 g/mol. The lowest BCUT2D eigenvalue weighted by Crippen LogP contribution is -2.46. The van der Waals surface area contributed by atoms with Gasteiger partial charge in [0.2, 0.25) is 0 Å². The summed E-state index contributed by atoms with van der Waals surface area (Å²) in [5.74, 6) is -0.492. The summed E-state index contributed by atoms with van der Waals surface area (Å²) in [7, 11) is 0. The fourth-order valence-electron chi connectivity index (χ4n) is 2.28. The summed E-state index contributed by atoms with van der Waals surface area (Å²) in [6.45, 7) is 3.62. The van der Waals surface area contributed by atoms with Crippen molar-refractivity contribution in [3.63, 3.8) is 0 Å². The van der Waals surface area contributed by atoms with Crippen LogP contribution in [0.5, 0.6) is 0 Å². The Morgan fingerprint density at radius 2 is 1.90 bits per heavy atom. The lowest BCUT2D eigenvalue weighted by atomic mass is 10.2. The number of aromatic nitrogens is 2. The molecule has 3 rings (SSSR count). The molecule has 6 nitrogen and oxygen atoms in total. The second-order valence-corrected chi connectivity index (χ2v) is 5.43. The van der Waals surface area contributed by atoms with E-state index in [1.807, 2.05) is 17.6 Å². The van der Waals surface area contributed by atoms with Gasteiger partial charge < -0.3 is 15.5 Å². The maximum absolute atomic E-state index is 11.2. The summed E-state index contributed by atoms with van der Waals surface area (Å²) in [5, 5.41) is 3.06. The molecule has 7 heteroatoms. The van der Waals surface area contributed by atoms with Crippen molar-refractivity contribution in [2.24, 2.45) is 5.73 Å². The SMILES string of the molecule is NC(=O)c1cc(N2CCN(c3nccs3)CC2)ccn1. The van der Waals surface area contributed by atoms with E-state index in [1.54, 1.807) is 23.6 Å². The minimum Gasteiger partial charge on any atom is -0.368 e. The second kappa shape index (κ2) is 5.46. The number of amides is 1. The molecular formula is C13H15N5OS. The molecule has 20 heavy (non-hydrogen) atoms. The molecule has 2 aromatic heterocycles. The van der Waals surface area contributed by atoms with Gasteiger partial charge in [0.05, 0.1) is 0 Å². The number of primary amides is 1. The first-order valence-corrected chi connectivity index (χ1v) is 7.27. The third kappa shape index (κ3) is 2.57. The van der Waals surface area contributed by atoms with Gasteiger partial charge >= 0.3 is 0 Å². The van der Waals surface area contributed by atoms with E-state index >= 15 is 0 Å². The van der Waals surface area contributed by atoms with Gasteiger partial charge in [0.1, 0.15) is 5.69 Å². The maximum Gasteiger partial charge on any atom is 0.267 e. The summed E-state index contributed by atoms with van der Waals surface area (Å²) >= 11 is 1.66. The summed E-state index contributed by atoms with van der Waals surface area (Å²) in [5.41, 5.74) is 6.57. The van der Waals surface area contributed by atoms with Gasteiger partial charge in [0.15, 0.2) is 5.13 Å². The monoisotopic (exact) mass is 289 g/mol. The number of thiazole rings is 1. The topological polar surface area (TPSA) is 75.4 Å². The largest absolute Gasteiger partial charge is 0.368 e. The van der Waals surface area contributed by atoms with Crippen LogP contribution in [0.3, 0.4) is 0 Å². The van der Waals surface area contributed by atoms with E-state index in [0.29, 0.717) is 5.69 Å². The molecule has 2 N–H and O–H groups in total. The molecule has 0 aromatic carbocycles. The van der Waals surface area contributed by atoms with Gasteiger partial charge in [-0.25, -0.2) is 4.98 Å². The predicted octanol–water partition coefficient (Wildman–Crippen LogP) is 0.964. The zero-order valence-electron chi connectivity index (χ0n) is 10.9. The number of piperazine rings is 1. The van der Waals surface area contributed by atoms with E-state index in [2.05, 4.69) is 19.8 Å². The van der Waals surface area contributed by atoms with Crippen LogP contribution in [0.2, 0.25) is 0 Å². The van der Waals surface area contributed by atoms with Crippen molar-refractivity contribution >= 4 is 28.1 Å². The van der Waals surface area contributed by atoms with Crippen molar-refractivity contribution in [3.05, 3.63) is 35.6 Å². The number of rotatable bonds is 3. The average molecular weight is 289 g/mol. The van der Waals surface area contributed by atoms with Gasteiger partial charge in [0, 0.05) is 49.6 Å². The molecule has 1 aliphatic rings.